The number of para-hydroxylation sites is 2. The van der Waals surface area contributed by atoms with Crippen LogP contribution in [0.25, 0.3) is 44.1 Å². The van der Waals surface area contributed by atoms with E-state index in [9.17, 15) is 9.90 Å². The Labute approximate surface area is 154 Å². The van der Waals surface area contributed by atoms with Crippen LogP contribution >= 0.6 is 0 Å². The summed E-state index contributed by atoms with van der Waals surface area (Å²) in [4.78, 5) is 24.2. The molecule has 0 atom stereocenters. The summed E-state index contributed by atoms with van der Waals surface area (Å²) in [5.74, 6) is -1.05. The van der Waals surface area contributed by atoms with E-state index in [0.29, 0.717) is 11.4 Å². The van der Waals surface area contributed by atoms with Gasteiger partial charge in [-0.05, 0) is 30.7 Å². The maximum Gasteiger partial charge on any atom is 0.354 e. The van der Waals surface area contributed by atoms with Gasteiger partial charge in [0.1, 0.15) is 11.4 Å². The molecular weight excluding hydrogens is 338 g/mol. The van der Waals surface area contributed by atoms with Gasteiger partial charge in [-0.3, -0.25) is 0 Å². The summed E-state index contributed by atoms with van der Waals surface area (Å²) in [5.41, 5.74) is 4.93. The fourth-order valence-electron chi connectivity index (χ4n) is 3.56. The number of aromatic carboxylic acids is 1. The monoisotopic (exact) mass is 353 g/mol. The van der Waals surface area contributed by atoms with E-state index in [1.807, 2.05) is 61.5 Å². The lowest BCUT2D eigenvalue weighted by atomic mass is 10.1. The SMILES string of the molecule is Cc1cccc2c1[nH]c1c(-c3ccc4ccccc4n3)nc(C(=O)O)cc12. The van der Waals surface area contributed by atoms with Gasteiger partial charge in [-0.2, -0.15) is 0 Å². The van der Waals surface area contributed by atoms with E-state index >= 15 is 0 Å². The molecule has 0 spiro atoms. The Morgan fingerprint density at radius 1 is 0.926 bits per heavy atom. The summed E-state index contributed by atoms with van der Waals surface area (Å²) in [6, 6.07) is 19.3. The summed E-state index contributed by atoms with van der Waals surface area (Å²) < 4.78 is 0. The maximum absolute atomic E-state index is 11.7. The molecule has 0 aliphatic carbocycles. The highest BCUT2D eigenvalue weighted by Crippen LogP contribution is 2.33. The first-order valence-electron chi connectivity index (χ1n) is 8.63. The van der Waals surface area contributed by atoms with Crippen LogP contribution in [0.4, 0.5) is 0 Å². The number of nitrogens with one attached hydrogen (secondary N) is 1. The van der Waals surface area contributed by atoms with E-state index in [2.05, 4.69) is 9.97 Å². The average Bonchev–Trinajstić information content (AvgIpc) is 3.07. The molecule has 5 aromatic rings. The molecule has 2 aromatic carbocycles. The highest BCUT2D eigenvalue weighted by atomic mass is 16.4. The molecule has 27 heavy (non-hydrogen) atoms. The van der Waals surface area contributed by atoms with E-state index in [4.69, 9.17) is 4.98 Å². The van der Waals surface area contributed by atoms with Crippen LogP contribution < -0.4 is 0 Å². The van der Waals surface area contributed by atoms with Crippen molar-refractivity contribution in [2.24, 2.45) is 0 Å². The van der Waals surface area contributed by atoms with Gasteiger partial charge in [0.15, 0.2) is 0 Å². The van der Waals surface area contributed by atoms with Crippen molar-refractivity contribution >= 4 is 38.7 Å². The highest BCUT2D eigenvalue weighted by Gasteiger charge is 2.18. The number of carboxylic acid groups (broad SMARTS) is 1. The zero-order chi connectivity index (χ0) is 18.5. The largest absolute Gasteiger partial charge is 0.477 e. The van der Waals surface area contributed by atoms with Crippen molar-refractivity contribution in [1.29, 1.82) is 0 Å². The first kappa shape index (κ1) is 15.5. The standard InChI is InChI=1S/C22H15N3O2/c1-12-5-4-7-14-15-11-18(22(26)27)24-21(20(15)25-19(12)14)17-10-9-13-6-2-3-8-16(13)23-17/h2-11,25H,1H3,(H,26,27). The average molecular weight is 353 g/mol. The topological polar surface area (TPSA) is 78.9 Å². The molecule has 0 aliphatic heterocycles. The van der Waals surface area contributed by atoms with E-state index < -0.39 is 5.97 Å². The lowest BCUT2D eigenvalue weighted by Gasteiger charge is -2.06. The molecule has 5 nitrogen and oxygen atoms in total. The Kier molecular flexibility index (Phi) is 3.24. The second kappa shape index (κ2) is 5.64. The number of benzene rings is 2. The van der Waals surface area contributed by atoms with Crippen LogP contribution in [0.2, 0.25) is 0 Å². The van der Waals surface area contributed by atoms with Gasteiger partial charge >= 0.3 is 5.97 Å². The number of carbonyl (C=O) groups is 1. The quantitative estimate of drug-likeness (QED) is 0.471. The molecule has 3 aromatic heterocycles. The number of fused-ring (bicyclic) bond motifs is 4. The van der Waals surface area contributed by atoms with Crippen LogP contribution in [0, 0.1) is 6.92 Å². The van der Waals surface area contributed by atoms with Gasteiger partial charge in [0.25, 0.3) is 0 Å². The van der Waals surface area contributed by atoms with Crippen LogP contribution in [-0.2, 0) is 0 Å². The van der Waals surface area contributed by atoms with Gasteiger partial charge in [-0.15, -0.1) is 0 Å². The molecule has 130 valence electrons. The second-order valence-corrected chi connectivity index (χ2v) is 6.60. The minimum Gasteiger partial charge on any atom is -0.477 e. The number of carboxylic acids is 1. The summed E-state index contributed by atoms with van der Waals surface area (Å²) >= 11 is 0. The molecule has 5 heteroatoms. The van der Waals surface area contributed by atoms with Crippen LogP contribution in [-0.4, -0.2) is 26.0 Å². The van der Waals surface area contributed by atoms with Crippen molar-refractivity contribution in [3.8, 4) is 11.4 Å². The fourth-order valence-corrected chi connectivity index (χ4v) is 3.56. The predicted molar refractivity (Wildman–Crippen MR) is 106 cm³/mol. The molecule has 0 aliphatic rings. The Hall–Kier alpha value is -3.73. The van der Waals surface area contributed by atoms with Crippen molar-refractivity contribution in [1.82, 2.24) is 15.0 Å². The second-order valence-electron chi connectivity index (χ2n) is 6.60. The van der Waals surface area contributed by atoms with E-state index in [0.717, 1.165) is 38.3 Å². The first-order valence-corrected chi connectivity index (χ1v) is 8.63. The van der Waals surface area contributed by atoms with Gasteiger partial charge in [0, 0.05) is 21.7 Å². The van der Waals surface area contributed by atoms with Gasteiger partial charge in [0.2, 0.25) is 0 Å². The number of pyridine rings is 2. The maximum atomic E-state index is 11.7. The molecule has 3 heterocycles. The third-order valence-corrected chi connectivity index (χ3v) is 4.89. The minimum absolute atomic E-state index is 0.00913. The fraction of sp³-hybridized carbons (Fsp3) is 0.0455. The van der Waals surface area contributed by atoms with E-state index in [1.54, 1.807) is 6.07 Å². The molecular formula is C22H15N3O2. The van der Waals surface area contributed by atoms with E-state index in [1.165, 1.54) is 0 Å². The summed E-state index contributed by atoms with van der Waals surface area (Å²) in [7, 11) is 0. The number of rotatable bonds is 2. The third-order valence-electron chi connectivity index (χ3n) is 4.89. The molecule has 0 saturated carbocycles. The molecule has 0 radical (unpaired) electrons. The lowest BCUT2D eigenvalue weighted by Crippen LogP contribution is -2.02. The minimum atomic E-state index is -1.05. The zero-order valence-electron chi connectivity index (χ0n) is 14.5. The first-order chi connectivity index (χ1) is 13.1. The number of aromatic nitrogens is 3. The molecule has 0 bridgehead atoms. The third kappa shape index (κ3) is 2.36. The predicted octanol–water partition coefficient (Wildman–Crippen LogP) is 4.94. The van der Waals surface area contributed by atoms with Gasteiger partial charge < -0.3 is 10.1 Å². The van der Waals surface area contributed by atoms with Crippen LogP contribution in [0.1, 0.15) is 16.1 Å². The number of aromatic amines is 1. The Bertz CT molecular complexity index is 1370. The molecule has 0 amide bonds. The summed E-state index contributed by atoms with van der Waals surface area (Å²) in [6.07, 6.45) is 0. The smallest absolute Gasteiger partial charge is 0.354 e. The molecule has 5 rings (SSSR count). The van der Waals surface area contributed by atoms with E-state index in [-0.39, 0.29) is 5.69 Å². The zero-order valence-corrected chi connectivity index (χ0v) is 14.5. The molecule has 2 N–H and O–H groups in total. The molecule has 0 unspecified atom stereocenters. The normalized spacial score (nSPS) is 11.4. The highest BCUT2D eigenvalue weighted by molar-refractivity contribution is 6.13. The Morgan fingerprint density at radius 2 is 1.78 bits per heavy atom. The van der Waals surface area contributed by atoms with Crippen LogP contribution in [0.3, 0.4) is 0 Å². The van der Waals surface area contributed by atoms with Crippen molar-refractivity contribution in [3.05, 3.63) is 71.9 Å². The number of aryl methyl sites for hydroxylation is 1. The van der Waals surface area contributed by atoms with Gasteiger partial charge in [-0.25, -0.2) is 14.8 Å². The lowest BCUT2D eigenvalue weighted by molar-refractivity contribution is 0.0691. The van der Waals surface area contributed by atoms with Crippen molar-refractivity contribution in [2.45, 2.75) is 6.92 Å². The van der Waals surface area contributed by atoms with Crippen LogP contribution in [0.15, 0.2) is 60.7 Å². The van der Waals surface area contributed by atoms with Crippen molar-refractivity contribution in [3.63, 3.8) is 0 Å². The molecule has 0 saturated heterocycles. The number of hydrogen-bond donors (Lipinski definition) is 2. The van der Waals surface area contributed by atoms with Crippen LogP contribution in [0.5, 0.6) is 0 Å². The number of H-pyrrole nitrogens is 1. The summed E-state index contributed by atoms with van der Waals surface area (Å²) in [6.45, 7) is 2.02. The van der Waals surface area contributed by atoms with Crippen molar-refractivity contribution < 1.29 is 9.90 Å². The molecule has 0 fully saturated rings. The Morgan fingerprint density at radius 3 is 2.63 bits per heavy atom. The summed E-state index contributed by atoms with van der Waals surface area (Å²) in [5, 5.41) is 12.4. The van der Waals surface area contributed by atoms with Gasteiger partial charge in [-0.1, -0.05) is 42.5 Å². The number of hydrogen-bond acceptors (Lipinski definition) is 3. The van der Waals surface area contributed by atoms with Gasteiger partial charge in [0.05, 0.1) is 16.7 Å². The van der Waals surface area contributed by atoms with Crippen molar-refractivity contribution in [2.75, 3.05) is 0 Å². The Balaban J connectivity index is 1.90. The number of nitrogens with zero attached hydrogens (tertiary/aromatic N) is 2.